The van der Waals surface area contributed by atoms with Crippen molar-refractivity contribution in [3.05, 3.63) is 17.7 Å². The van der Waals surface area contributed by atoms with Crippen LogP contribution in [-0.4, -0.2) is 9.55 Å². The van der Waals surface area contributed by atoms with Gasteiger partial charge in [0, 0.05) is 12.7 Å². The fourth-order valence-corrected chi connectivity index (χ4v) is 1.38. The standard InChI is InChI=1S/C8H14N2/c1-6(2)8-7(3)9-5-10(8)4/h5-6H,1-4H3. The second-order valence-corrected chi connectivity index (χ2v) is 2.98. The Morgan fingerprint density at radius 2 is 2.10 bits per heavy atom. The Morgan fingerprint density at radius 1 is 1.50 bits per heavy atom. The van der Waals surface area contributed by atoms with Gasteiger partial charge in [-0.05, 0) is 12.8 Å². The van der Waals surface area contributed by atoms with Crippen LogP contribution in [0.4, 0.5) is 0 Å². The molecular formula is C8H14N2. The van der Waals surface area contributed by atoms with E-state index in [4.69, 9.17) is 0 Å². The van der Waals surface area contributed by atoms with Gasteiger partial charge in [0.15, 0.2) is 0 Å². The molecule has 0 atom stereocenters. The van der Waals surface area contributed by atoms with Gasteiger partial charge in [0.1, 0.15) is 0 Å². The van der Waals surface area contributed by atoms with E-state index < -0.39 is 0 Å². The van der Waals surface area contributed by atoms with Gasteiger partial charge in [-0.3, -0.25) is 0 Å². The van der Waals surface area contributed by atoms with Crippen LogP contribution in [0.15, 0.2) is 6.33 Å². The summed E-state index contributed by atoms with van der Waals surface area (Å²) in [6, 6.07) is 0. The third-order valence-corrected chi connectivity index (χ3v) is 1.72. The van der Waals surface area contributed by atoms with E-state index in [0.29, 0.717) is 5.92 Å². The molecule has 0 aromatic carbocycles. The highest BCUT2D eigenvalue weighted by molar-refractivity contribution is 5.14. The summed E-state index contributed by atoms with van der Waals surface area (Å²) in [5.41, 5.74) is 2.48. The maximum atomic E-state index is 4.20. The van der Waals surface area contributed by atoms with Crippen LogP contribution in [0.1, 0.15) is 31.2 Å². The number of rotatable bonds is 1. The molecule has 0 radical (unpaired) electrons. The lowest BCUT2D eigenvalue weighted by molar-refractivity contribution is 0.735. The van der Waals surface area contributed by atoms with Gasteiger partial charge >= 0.3 is 0 Å². The summed E-state index contributed by atoms with van der Waals surface area (Å²) < 4.78 is 2.08. The topological polar surface area (TPSA) is 17.8 Å². The molecule has 0 spiro atoms. The van der Waals surface area contributed by atoms with Crippen molar-refractivity contribution >= 4 is 0 Å². The fourth-order valence-electron chi connectivity index (χ4n) is 1.38. The van der Waals surface area contributed by atoms with E-state index in [-0.39, 0.29) is 0 Å². The number of imidazole rings is 1. The number of hydrogen-bond acceptors (Lipinski definition) is 1. The van der Waals surface area contributed by atoms with Crippen molar-refractivity contribution in [1.29, 1.82) is 0 Å². The average molecular weight is 138 g/mol. The molecule has 0 aliphatic rings. The molecule has 0 amide bonds. The maximum Gasteiger partial charge on any atom is 0.0948 e. The predicted octanol–water partition coefficient (Wildman–Crippen LogP) is 1.85. The second kappa shape index (κ2) is 2.45. The molecule has 0 saturated heterocycles. The minimum atomic E-state index is 0.576. The van der Waals surface area contributed by atoms with E-state index >= 15 is 0 Å². The van der Waals surface area contributed by atoms with Gasteiger partial charge in [-0.2, -0.15) is 0 Å². The van der Waals surface area contributed by atoms with Crippen LogP contribution < -0.4 is 0 Å². The zero-order valence-corrected chi connectivity index (χ0v) is 7.05. The lowest BCUT2D eigenvalue weighted by atomic mass is 10.1. The maximum absolute atomic E-state index is 4.20. The summed E-state index contributed by atoms with van der Waals surface area (Å²) in [5, 5.41) is 0. The van der Waals surface area contributed by atoms with Crippen LogP contribution in [-0.2, 0) is 7.05 Å². The Kier molecular flexibility index (Phi) is 1.79. The SMILES string of the molecule is Cc1ncn(C)c1C(C)C. The molecule has 1 heterocycles. The molecular weight excluding hydrogens is 124 g/mol. The van der Waals surface area contributed by atoms with E-state index in [2.05, 4.69) is 30.3 Å². The molecule has 2 nitrogen and oxygen atoms in total. The Labute approximate surface area is 61.9 Å². The number of aryl methyl sites for hydroxylation is 2. The van der Waals surface area contributed by atoms with E-state index in [9.17, 15) is 0 Å². The van der Waals surface area contributed by atoms with E-state index in [0.717, 1.165) is 5.69 Å². The molecule has 56 valence electrons. The minimum Gasteiger partial charge on any atom is -0.337 e. The Morgan fingerprint density at radius 3 is 2.30 bits per heavy atom. The number of aromatic nitrogens is 2. The summed E-state index contributed by atoms with van der Waals surface area (Å²) >= 11 is 0. The highest BCUT2D eigenvalue weighted by atomic mass is 15.0. The molecule has 10 heavy (non-hydrogen) atoms. The minimum absolute atomic E-state index is 0.576. The first-order valence-electron chi connectivity index (χ1n) is 3.60. The summed E-state index contributed by atoms with van der Waals surface area (Å²) in [4.78, 5) is 4.20. The molecule has 0 aliphatic carbocycles. The summed E-state index contributed by atoms with van der Waals surface area (Å²) in [7, 11) is 2.04. The average Bonchev–Trinajstić information content (AvgIpc) is 2.11. The summed E-state index contributed by atoms with van der Waals surface area (Å²) in [6.45, 7) is 6.42. The lowest BCUT2D eigenvalue weighted by Crippen LogP contribution is -1.98. The van der Waals surface area contributed by atoms with Crippen molar-refractivity contribution in [2.24, 2.45) is 7.05 Å². The Hall–Kier alpha value is -0.790. The first-order chi connectivity index (χ1) is 4.63. The van der Waals surface area contributed by atoms with Gasteiger partial charge in [0.25, 0.3) is 0 Å². The molecule has 0 bridgehead atoms. The van der Waals surface area contributed by atoms with Crippen LogP contribution in [0.5, 0.6) is 0 Å². The molecule has 1 aromatic rings. The highest BCUT2D eigenvalue weighted by Crippen LogP contribution is 2.15. The fraction of sp³-hybridized carbons (Fsp3) is 0.625. The third-order valence-electron chi connectivity index (χ3n) is 1.72. The zero-order chi connectivity index (χ0) is 7.72. The van der Waals surface area contributed by atoms with Crippen LogP contribution in [0.3, 0.4) is 0 Å². The zero-order valence-electron chi connectivity index (χ0n) is 7.05. The summed E-state index contributed by atoms with van der Waals surface area (Å²) in [5.74, 6) is 0.576. The van der Waals surface area contributed by atoms with E-state index in [1.54, 1.807) is 0 Å². The van der Waals surface area contributed by atoms with Gasteiger partial charge in [0.05, 0.1) is 12.0 Å². The molecule has 2 heteroatoms. The summed E-state index contributed by atoms with van der Waals surface area (Å²) in [6.07, 6.45) is 1.87. The molecule has 0 saturated carbocycles. The number of nitrogens with zero attached hydrogens (tertiary/aromatic N) is 2. The highest BCUT2D eigenvalue weighted by Gasteiger charge is 2.07. The molecule has 1 rings (SSSR count). The first-order valence-corrected chi connectivity index (χ1v) is 3.60. The lowest BCUT2D eigenvalue weighted by Gasteiger charge is -2.06. The van der Waals surface area contributed by atoms with Crippen molar-refractivity contribution in [3.8, 4) is 0 Å². The van der Waals surface area contributed by atoms with Crippen molar-refractivity contribution in [2.75, 3.05) is 0 Å². The van der Waals surface area contributed by atoms with Crippen molar-refractivity contribution in [2.45, 2.75) is 26.7 Å². The molecule has 0 unspecified atom stereocenters. The van der Waals surface area contributed by atoms with Gasteiger partial charge < -0.3 is 4.57 Å². The molecule has 0 fully saturated rings. The van der Waals surface area contributed by atoms with Crippen LogP contribution >= 0.6 is 0 Å². The first kappa shape index (κ1) is 7.32. The normalized spacial score (nSPS) is 10.9. The van der Waals surface area contributed by atoms with Gasteiger partial charge in [0.2, 0.25) is 0 Å². The smallest absolute Gasteiger partial charge is 0.0948 e. The largest absolute Gasteiger partial charge is 0.337 e. The van der Waals surface area contributed by atoms with Crippen molar-refractivity contribution in [1.82, 2.24) is 9.55 Å². The van der Waals surface area contributed by atoms with Gasteiger partial charge in [-0.1, -0.05) is 13.8 Å². The molecule has 0 aliphatic heterocycles. The third kappa shape index (κ3) is 1.06. The number of hydrogen-bond donors (Lipinski definition) is 0. The quantitative estimate of drug-likeness (QED) is 0.579. The predicted molar refractivity (Wildman–Crippen MR) is 42.0 cm³/mol. The van der Waals surface area contributed by atoms with Crippen molar-refractivity contribution in [3.63, 3.8) is 0 Å². The Bertz CT molecular complexity index is 204. The van der Waals surface area contributed by atoms with Crippen molar-refractivity contribution < 1.29 is 0 Å². The molecule has 0 N–H and O–H groups in total. The van der Waals surface area contributed by atoms with E-state index in [1.165, 1.54) is 5.69 Å². The van der Waals surface area contributed by atoms with Gasteiger partial charge in [-0.25, -0.2) is 4.98 Å². The van der Waals surface area contributed by atoms with Gasteiger partial charge in [-0.15, -0.1) is 0 Å². The second-order valence-electron chi connectivity index (χ2n) is 2.98. The van der Waals surface area contributed by atoms with Crippen LogP contribution in [0.25, 0.3) is 0 Å². The Balaban J connectivity index is 3.10. The molecule has 1 aromatic heterocycles. The van der Waals surface area contributed by atoms with Crippen LogP contribution in [0.2, 0.25) is 0 Å². The monoisotopic (exact) mass is 138 g/mol. The van der Waals surface area contributed by atoms with Crippen LogP contribution in [0, 0.1) is 6.92 Å². The van der Waals surface area contributed by atoms with E-state index in [1.807, 2.05) is 13.4 Å².